The van der Waals surface area contributed by atoms with Gasteiger partial charge in [-0.3, -0.25) is 9.63 Å². The number of hydrogen-bond donors (Lipinski definition) is 1. The minimum Gasteiger partial charge on any atom is -0.454 e. The molecule has 1 N–H and O–H groups in total. The van der Waals surface area contributed by atoms with Crippen molar-refractivity contribution in [2.75, 3.05) is 6.79 Å². The van der Waals surface area contributed by atoms with Crippen LogP contribution in [-0.4, -0.2) is 21.1 Å². The number of carbonyl (C=O) groups excluding carboxylic acids is 1. The molecule has 2 aromatic carbocycles. The Morgan fingerprint density at radius 1 is 1.20 bits per heavy atom. The SMILES string of the molecule is O=C(NOCc1cc2c(cc1Cl)OCO2)c1ccc(S(=O)(=O)F)cc1. The standard InChI is InChI=1S/C15H11ClFNO6S/c16-12-6-14-13(22-8-23-14)5-10(12)7-24-18-15(19)9-1-3-11(4-2-9)25(17,20)21/h1-6H,7-8H2,(H,18,19). The largest absolute Gasteiger partial charge is 0.454 e. The molecule has 0 bridgehead atoms. The van der Waals surface area contributed by atoms with Gasteiger partial charge < -0.3 is 9.47 Å². The third kappa shape index (κ3) is 4.01. The molecule has 3 rings (SSSR count). The molecule has 1 aliphatic heterocycles. The highest BCUT2D eigenvalue weighted by atomic mass is 35.5. The molecule has 10 heteroatoms. The molecular formula is C15H11ClFNO6S. The maximum absolute atomic E-state index is 12.8. The van der Waals surface area contributed by atoms with E-state index in [1.807, 2.05) is 0 Å². The summed E-state index contributed by atoms with van der Waals surface area (Å²) in [5.41, 5.74) is 2.86. The van der Waals surface area contributed by atoms with Crippen LogP contribution in [0.4, 0.5) is 3.89 Å². The molecule has 0 saturated heterocycles. The quantitative estimate of drug-likeness (QED) is 0.626. The van der Waals surface area contributed by atoms with Crippen molar-refractivity contribution in [2.24, 2.45) is 0 Å². The normalized spacial score (nSPS) is 12.9. The molecule has 0 radical (unpaired) electrons. The molecule has 132 valence electrons. The van der Waals surface area contributed by atoms with E-state index in [0.717, 1.165) is 12.1 Å². The first-order valence-electron chi connectivity index (χ1n) is 6.89. The van der Waals surface area contributed by atoms with E-state index in [4.69, 9.17) is 25.9 Å². The Morgan fingerprint density at radius 3 is 2.48 bits per heavy atom. The summed E-state index contributed by atoms with van der Waals surface area (Å²) < 4.78 is 44.7. The van der Waals surface area contributed by atoms with Gasteiger partial charge in [0.15, 0.2) is 11.5 Å². The number of benzene rings is 2. The van der Waals surface area contributed by atoms with Crippen LogP contribution in [0, 0.1) is 0 Å². The molecular weight excluding hydrogens is 377 g/mol. The van der Waals surface area contributed by atoms with E-state index in [1.165, 1.54) is 12.1 Å². The molecule has 1 heterocycles. The lowest BCUT2D eigenvalue weighted by Crippen LogP contribution is -2.23. The smallest absolute Gasteiger partial charge is 0.332 e. The van der Waals surface area contributed by atoms with Gasteiger partial charge in [0, 0.05) is 17.2 Å². The number of halogens is 2. The summed E-state index contributed by atoms with van der Waals surface area (Å²) in [4.78, 5) is 16.5. The van der Waals surface area contributed by atoms with Crippen molar-refractivity contribution in [1.29, 1.82) is 0 Å². The summed E-state index contributed by atoms with van der Waals surface area (Å²) in [7, 11) is -4.81. The second-order valence-corrected chi connectivity index (χ2v) is 6.73. The van der Waals surface area contributed by atoms with E-state index in [1.54, 1.807) is 12.1 Å². The number of nitrogens with one attached hydrogen (secondary N) is 1. The summed E-state index contributed by atoms with van der Waals surface area (Å²) in [5.74, 6) is 0.428. The molecule has 0 spiro atoms. The van der Waals surface area contributed by atoms with Crippen molar-refractivity contribution < 1.29 is 31.4 Å². The van der Waals surface area contributed by atoms with Crippen LogP contribution in [0.25, 0.3) is 0 Å². The Bertz CT molecular complexity index is 916. The molecule has 7 nitrogen and oxygen atoms in total. The fraction of sp³-hybridized carbons (Fsp3) is 0.133. The average molecular weight is 388 g/mol. The molecule has 0 fully saturated rings. The number of ether oxygens (including phenoxy) is 2. The van der Waals surface area contributed by atoms with E-state index in [2.05, 4.69) is 5.48 Å². The van der Waals surface area contributed by atoms with E-state index in [-0.39, 0.29) is 19.0 Å². The van der Waals surface area contributed by atoms with Gasteiger partial charge in [-0.15, -0.1) is 3.89 Å². The number of hydroxylamine groups is 1. The molecule has 1 amide bonds. The Labute approximate surface area is 147 Å². The lowest BCUT2D eigenvalue weighted by Gasteiger charge is -2.08. The van der Waals surface area contributed by atoms with Gasteiger partial charge in [0.1, 0.15) is 6.61 Å². The van der Waals surface area contributed by atoms with Gasteiger partial charge in [-0.05, 0) is 30.3 Å². The highest BCUT2D eigenvalue weighted by Gasteiger charge is 2.17. The van der Waals surface area contributed by atoms with Crippen molar-refractivity contribution in [3.63, 3.8) is 0 Å². The van der Waals surface area contributed by atoms with E-state index in [9.17, 15) is 17.1 Å². The highest BCUT2D eigenvalue weighted by molar-refractivity contribution is 7.86. The van der Waals surface area contributed by atoms with Crippen LogP contribution in [0.5, 0.6) is 11.5 Å². The third-order valence-corrected chi connectivity index (χ3v) is 4.52. The zero-order valence-electron chi connectivity index (χ0n) is 12.5. The summed E-state index contributed by atoms with van der Waals surface area (Å²) in [6, 6.07) is 7.52. The molecule has 25 heavy (non-hydrogen) atoms. The van der Waals surface area contributed by atoms with Crippen LogP contribution < -0.4 is 15.0 Å². The van der Waals surface area contributed by atoms with Gasteiger partial charge in [-0.25, -0.2) is 5.48 Å². The fourth-order valence-electron chi connectivity index (χ4n) is 2.08. The van der Waals surface area contributed by atoms with Crippen molar-refractivity contribution in [3.8, 4) is 11.5 Å². The second-order valence-electron chi connectivity index (χ2n) is 4.98. The van der Waals surface area contributed by atoms with Crippen LogP contribution in [0.3, 0.4) is 0 Å². The summed E-state index contributed by atoms with van der Waals surface area (Å²) in [6.07, 6.45) is 0. The second kappa shape index (κ2) is 6.87. The van der Waals surface area contributed by atoms with Gasteiger partial charge in [0.05, 0.1) is 9.92 Å². The van der Waals surface area contributed by atoms with Crippen LogP contribution in [0.2, 0.25) is 5.02 Å². The number of carbonyl (C=O) groups is 1. The Kier molecular flexibility index (Phi) is 4.80. The molecule has 2 aromatic rings. The maximum atomic E-state index is 12.8. The fourth-order valence-corrected chi connectivity index (χ4v) is 2.75. The summed E-state index contributed by atoms with van der Waals surface area (Å²) >= 11 is 6.08. The molecule has 0 saturated carbocycles. The predicted molar refractivity (Wildman–Crippen MR) is 84.6 cm³/mol. The van der Waals surface area contributed by atoms with Crippen LogP contribution in [0.1, 0.15) is 15.9 Å². The third-order valence-electron chi connectivity index (χ3n) is 3.33. The van der Waals surface area contributed by atoms with Crippen LogP contribution >= 0.6 is 11.6 Å². The van der Waals surface area contributed by atoms with Crippen molar-refractivity contribution in [2.45, 2.75) is 11.5 Å². The van der Waals surface area contributed by atoms with E-state index in [0.29, 0.717) is 22.1 Å². The van der Waals surface area contributed by atoms with Gasteiger partial charge in [0.25, 0.3) is 5.91 Å². The molecule has 0 atom stereocenters. The van der Waals surface area contributed by atoms with Crippen molar-refractivity contribution in [1.82, 2.24) is 5.48 Å². The summed E-state index contributed by atoms with van der Waals surface area (Å²) in [6.45, 7) is 0.0788. The number of rotatable bonds is 5. The average Bonchev–Trinajstić information content (AvgIpc) is 3.01. The number of fused-ring (bicyclic) bond motifs is 1. The minimum absolute atomic E-state index is 0.0296. The predicted octanol–water partition coefficient (Wildman–Crippen LogP) is 2.59. The molecule has 0 unspecified atom stereocenters. The molecule has 0 aromatic heterocycles. The first kappa shape index (κ1) is 17.5. The Morgan fingerprint density at radius 2 is 1.84 bits per heavy atom. The first-order valence-corrected chi connectivity index (χ1v) is 8.65. The van der Waals surface area contributed by atoms with Gasteiger partial charge in [-0.2, -0.15) is 8.42 Å². The first-order chi connectivity index (χ1) is 11.8. The van der Waals surface area contributed by atoms with Crippen molar-refractivity contribution in [3.05, 3.63) is 52.5 Å². The zero-order chi connectivity index (χ0) is 18.0. The summed E-state index contributed by atoms with van der Waals surface area (Å²) in [5, 5.41) is 0.385. The zero-order valence-corrected chi connectivity index (χ0v) is 14.1. The maximum Gasteiger partial charge on any atom is 0.332 e. The van der Waals surface area contributed by atoms with Gasteiger partial charge in [-0.1, -0.05) is 11.6 Å². The topological polar surface area (TPSA) is 90.9 Å². The van der Waals surface area contributed by atoms with Gasteiger partial charge in [0.2, 0.25) is 6.79 Å². The van der Waals surface area contributed by atoms with Gasteiger partial charge >= 0.3 is 10.2 Å². The Balaban J connectivity index is 1.60. The number of hydrogen-bond acceptors (Lipinski definition) is 6. The van der Waals surface area contributed by atoms with Crippen molar-refractivity contribution >= 4 is 27.7 Å². The lowest BCUT2D eigenvalue weighted by molar-refractivity contribution is 0.0233. The van der Waals surface area contributed by atoms with E-state index < -0.39 is 21.0 Å². The monoisotopic (exact) mass is 387 g/mol. The Hall–Kier alpha value is -2.36. The lowest BCUT2D eigenvalue weighted by atomic mass is 10.2. The number of amides is 1. The highest BCUT2D eigenvalue weighted by Crippen LogP contribution is 2.36. The van der Waals surface area contributed by atoms with Crippen LogP contribution in [0.15, 0.2) is 41.3 Å². The minimum atomic E-state index is -4.81. The molecule has 1 aliphatic rings. The van der Waals surface area contributed by atoms with Crippen LogP contribution in [-0.2, 0) is 21.7 Å². The van der Waals surface area contributed by atoms with E-state index >= 15 is 0 Å². The molecule has 0 aliphatic carbocycles.